The largest absolute Gasteiger partial charge is 0.464 e. The van der Waals surface area contributed by atoms with Crippen LogP contribution in [0.2, 0.25) is 0 Å². The molecule has 0 spiro atoms. The lowest BCUT2D eigenvalue weighted by atomic mass is 9.56. The van der Waals surface area contributed by atoms with Crippen molar-refractivity contribution in [2.45, 2.75) is 89.4 Å². The molecule has 5 aromatic carbocycles. The molecule has 1 aliphatic rings. The van der Waals surface area contributed by atoms with E-state index >= 15 is 0 Å². The van der Waals surface area contributed by atoms with Gasteiger partial charge in [-0.1, -0.05) is 173 Å². The number of nitrogens with zero attached hydrogens (tertiary/aromatic N) is 2. The van der Waals surface area contributed by atoms with Crippen molar-refractivity contribution in [2.24, 2.45) is 11.3 Å². The number of benzene rings is 5. The molecule has 62 heavy (non-hydrogen) atoms. The highest BCUT2D eigenvalue weighted by Gasteiger charge is 2.52. The Labute approximate surface area is 366 Å². The average molecular weight is 833 g/mol. The molecule has 6 aromatic rings. The van der Waals surface area contributed by atoms with Crippen LogP contribution in [0.3, 0.4) is 0 Å². The number of nitrogens with two attached hydrogens (primary N) is 1. The third-order valence-corrected chi connectivity index (χ3v) is 12.7. The first-order chi connectivity index (χ1) is 30.3. The number of hydrogen-bond donors (Lipinski definition) is 4. The number of aromatic nitrogens is 2. The fourth-order valence-electron chi connectivity index (χ4n) is 9.76. The lowest BCUT2D eigenvalue weighted by molar-refractivity contribution is 0.0544. The minimum Gasteiger partial charge on any atom is -0.464 e. The molecule has 322 valence electrons. The van der Waals surface area contributed by atoms with E-state index in [4.69, 9.17) is 15.3 Å². The Morgan fingerprint density at radius 2 is 1.31 bits per heavy atom. The number of carbonyl (C=O) groups excluding carboxylic acids is 2. The van der Waals surface area contributed by atoms with Gasteiger partial charge in [0.15, 0.2) is 11.4 Å². The maximum atomic E-state index is 13.0. The summed E-state index contributed by atoms with van der Waals surface area (Å²) in [5.74, 6) is 5.49. The highest BCUT2D eigenvalue weighted by molar-refractivity contribution is 6.00. The Hall–Kier alpha value is -5.91. The molecule has 1 saturated carbocycles. The van der Waals surface area contributed by atoms with Gasteiger partial charge in [0, 0.05) is 19.0 Å². The molecule has 10 nitrogen and oxygen atoms in total. The normalized spacial score (nSPS) is 15.0. The Bertz CT molecular complexity index is 2280. The fraction of sp³-hybridized carbons (Fsp3) is 0.327. The molecule has 1 aromatic heterocycles. The molecule has 1 aliphatic carbocycles. The first-order valence-electron chi connectivity index (χ1n) is 21.9. The average Bonchev–Trinajstić information content (AvgIpc) is 3.51. The van der Waals surface area contributed by atoms with Crippen molar-refractivity contribution in [3.63, 3.8) is 0 Å². The van der Waals surface area contributed by atoms with E-state index in [9.17, 15) is 9.59 Å². The Morgan fingerprint density at radius 1 is 0.742 bits per heavy atom. The van der Waals surface area contributed by atoms with Crippen LogP contribution in [0.1, 0.15) is 120 Å². The van der Waals surface area contributed by atoms with E-state index in [0.29, 0.717) is 18.8 Å². The second-order valence-corrected chi connectivity index (χ2v) is 16.7. The molecular weight excluding hydrogens is 773 g/mol. The van der Waals surface area contributed by atoms with Crippen LogP contribution in [0, 0.1) is 5.41 Å². The van der Waals surface area contributed by atoms with Gasteiger partial charge in [0.2, 0.25) is 0 Å². The van der Waals surface area contributed by atoms with Crippen molar-refractivity contribution >= 4 is 11.9 Å². The van der Waals surface area contributed by atoms with E-state index < -0.39 is 23.5 Å². The van der Waals surface area contributed by atoms with E-state index in [2.05, 4.69) is 156 Å². The lowest BCUT2D eigenvalue weighted by Gasteiger charge is -2.52. The van der Waals surface area contributed by atoms with Gasteiger partial charge in [0.1, 0.15) is 5.82 Å². The monoisotopic (exact) mass is 832 g/mol. The highest BCUT2D eigenvalue weighted by Crippen LogP contribution is 2.52. The molecule has 0 aliphatic heterocycles. The molecule has 7 rings (SSSR count). The lowest BCUT2D eigenvalue weighted by Crippen LogP contribution is -2.61. The zero-order valence-corrected chi connectivity index (χ0v) is 36.4. The second kappa shape index (κ2) is 20.3. The molecule has 2 atom stereocenters. The first-order valence-corrected chi connectivity index (χ1v) is 21.9. The summed E-state index contributed by atoms with van der Waals surface area (Å²) in [7, 11) is 2.58. The van der Waals surface area contributed by atoms with Gasteiger partial charge in [-0.15, -0.1) is 0 Å². The predicted molar refractivity (Wildman–Crippen MR) is 245 cm³/mol. The summed E-state index contributed by atoms with van der Waals surface area (Å²) in [6.45, 7) is 4.85. The molecule has 5 N–H and O–H groups in total. The first kappa shape index (κ1) is 44.2. The number of carbonyl (C=O) groups is 2. The van der Waals surface area contributed by atoms with Crippen molar-refractivity contribution in [3.05, 3.63) is 185 Å². The minimum absolute atomic E-state index is 0.0381. The summed E-state index contributed by atoms with van der Waals surface area (Å²) in [5, 5.41) is 4.28. The summed E-state index contributed by atoms with van der Waals surface area (Å²) < 4.78 is 11.8. The molecule has 10 heteroatoms. The number of rotatable bonds is 17. The van der Waals surface area contributed by atoms with Gasteiger partial charge < -0.3 is 14.0 Å². The van der Waals surface area contributed by atoms with Crippen LogP contribution in [0.25, 0.3) is 11.1 Å². The number of methoxy groups -OCH3 is 2. The zero-order chi connectivity index (χ0) is 43.5. The number of imidazole rings is 1. The van der Waals surface area contributed by atoms with Gasteiger partial charge in [-0.3, -0.25) is 11.2 Å². The van der Waals surface area contributed by atoms with Gasteiger partial charge in [-0.2, -0.15) is 5.53 Å². The van der Waals surface area contributed by atoms with E-state index in [1.165, 1.54) is 56.6 Å². The molecule has 0 saturated heterocycles. The number of nitrogens with one attached hydrogen (secondary N) is 3. The van der Waals surface area contributed by atoms with Crippen molar-refractivity contribution in [2.75, 3.05) is 14.2 Å². The number of aryl methyl sites for hydroxylation is 1. The third-order valence-electron chi connectivity index (χ3n) is 12.7. The third kappa shape index (κ3) is 9.15. The van der Waals surface area contributed by atoms with Crippen LogP contribution in [0.15, 0.2) is 140 Å². The molecule has 0 radical (unpaired) electrons. The van der Waals surface area contributed by atoms with Crippen molar-refractivity contribution in [1.82, 2.24) is 25.8 Å². The van der Waals surface area contributed by atoms with Gasteiger partial charge in [0.05, 0.1) is 25.8 Å². The van der Waals surface area contributed by atoms with Crippen LogP contribution >= 0.6 is 0 Å². The standard InChI is InChI=1S/C52H60N6O4/c1-5-20-44-54-45(48(59)61-3)46(49(60)62-4)58(44)36-37-29-31-38(32-30-37)39-21-19-22-40(35-39)47(56-57-53)55-50(51(2)33-17-6-7-18-34-51)52(41-23-11-8-12-24-41,42-25-13-9-14-26-42)43-27-15-10-16-28-43/h8-16,19,21-32,35,47,50,55-57H,5-7,17-18,20,33-34,36,53H2,1-4H3. The van der Waals surface area contributed by atoms with E-state index in [0.717, 1.165) is 41.5 Å². The van der Waals surface area contributed by atoms with Crippen molar-refractivity contribution in [3.8, 4) is 11.1 Å². The van der Waals surface area contributed by atoms with E-state index in [1.807, 2.05) is 19.1 Å². The predicted octanol–water partition coefficient (Wildman–Crippen LogP) is 9.44. The summed E-state index contributed by atoms with van der Waals surface area (Å²) in [5.41, 5.74) is 13.3. The van der Waals surface area contributed by atoms with Gasteiger partial charge in [-0.25, -0.2) is 20.0 Å². The Morgan fingerprint density at radius 3 is 1.82 bits per heavy atom. The molecule has 0 amide bonds. The molecular formula is C52H60N6O4. The van der Waals surface area contributed by atoms with E-state index in [-0.39, 0.29) is 22.8 Å². The summed E-state index contributed by atoms with van der Waals surface area (Å²) in [6.07, 6.45) is 7.92. The quantitative estimate of drug-likeness (QED) is 0.0177. The summed E-state index contributed by atoms with van der Waals surface area (Å²) in [4.78, 5) is 30.2. The van der Waals surface area contributed by atoms with Gasteiger partial charge >= 0.3 is 11.9 Å². The maximum absolute atomic E-state index is 13.0. The van der Waals surface area contributed by atoms with Gasteiger partial charge in [-0.05, 0) is 69.7 Å². The molecule has 1 fully saturated rings. The second-order valence-electron chi connectivity index (χ2n) is 16.7. The van der Waals surface area contributed by atoms with Crippen LogP contribution in [0.5, 0.6) is 0 Å². The fourth-order valence-corrected chi connectivity index (χ4v) is 9.76. The van der Waals surface area contributed by atoms with Crippen LogP contribution in [-0.4, -0.2) is 41.8 Å². The van der Waals surface area contributed by atoms with E-state index in [1.54, 1.807) is 4.57 Å². The summed E-state index contributed by atoms with van der Waals surface area (Å²) >= 11 is 0. The number of ether oxygens (including phenoxy) is 2. The molecule has 1 heterocycles. The maximum Gasteiger partial charge on any atom is 0.359 e. The highest BCUT2D eigenvalue weighted by atomic mass is 16.5. The SMILES string of the molecule is CCCc1nc(C(=O)OC)c(C(=O)OC)n1Cc1ccc(-c2cccc(C(NNN)NC(C3(C)CCCCCC3)C(c3ccccc3)(c3ccccc3)c3ccccc3)c2)cc1. The van der Waals surface area contributed by atoms with Crippen molar-refractivity contribution in [1.29, 1.82) is 0 Å². The summed E-state index contributed by atoms with van der Waals surface area (Å²) in [6, 6.07) is 49.7. The van der Waals surface area contributed by atoms with Gasteiger partial charge in [0.25, 0.3) is 0 Å². The number of esters is 2. The topological polar surface area (TPSA) is 133 Å². The van der Waals surface area contributed by atoms with Crippen molar-refractivity contribution < 1.29 is 19.1 Å². The van der Waals surface area contributed by atoms with Crippen LogP contribution in [-0.2, 0) is 27.9 Å². The number of hydrogen-bond acceptors (Lipinski definition) is 9. The number of hydrazine groups is 2. The molecule has 0 bridgehead atoms. The van der Waals surface area contributed by atoms with Crippen LogP contribution in [0.4, 0.5) is 0 Å². The Balaban J connectivity index is 1.29. The smallest absolute Gasteiger partial charge is 0.359 e. The Kier molecular flexibility index (Phi) is 14.5. The minimum atomic E-state index is -0.676. The molecule has 2 unspecified atom stereocenters. The van der Waals surface area contributed by atoms with Crippen LogP contribution < -0.4 is 22.1 Å². The zero-order valence-electron chi connectivity index (χ0n) is 36.4.